The van der Waals surface area contributed by atoms with Crippen LogP contribution >= 0.6 is 0 Å². The predicted molar refractivity (Wildman–Crippen MR) is 90.1 cm³/mol. The van der Waals surface area contributed by atoms with E-state index in [9.17, 15) is 4.79 Å². The fraction of sp³-hybridized carbons (Fsp3) is 0.611. The lowest BCUT2D eigenvalue weighted by atomic mass is 9.86. The molecule has 4 heteroatoms. The highest BCUT2D eigenvalue weighted by molar-refractivity contribution is 5.89. The van der Waals surface area contributed by atoms with Gasteiger partial charge in [-0.3, -0.25) is 0 Å². The second kappa shape index (κ2) is 7.14. The van der Waals surface area contributed by atoms with E-state index in [-0.39, 0.29) is 24.1 Å². The normalized spacial score (nSPS) is 22.2. The van der Waals surface area contributed by atoms with Crippen LogP contribution in [0.15, 0.2) is 24.3 Å². The lowest BCUT2D eigenvalue weighted by Crippen LogP contribution is -2.40. The molecule has 0 spiro atoms. The molecule has 122 valence electrons. The van der Waals surface area contributed by atoms with Crippen LogP contribution in [0.2, 0.25) is 0 Å². The van der Waals surface area contributed by atoms with Crippen LogP contribution in [0.25, 0.3) is 0 Å². The van der Waals surface area contributed by atoms with Gasteiger partial charge in [-0.15, -0.1) is 0 Å². The third kappa shape index (κ3) is 4.73. The van der Waals surface area contributed by atoms with Gasteiger partial charge in [-0.25, -0.2) is 4.79 Å². The first kappa shape index (κ1) is 16.8. The van der Waals surface area contributed by atoms with Crippen molar-refractivity contribution in [2.45, 2.75) is 57.9 Å². The predicted octanol–water partition coefficient (Wildman–Crippen LogP) is 3.66. The maximum Gasteiger partial charge on any atom is 0.319 e. The number of aliphatic hydroxyl groups is 1. The van der Waals surface area contributed by atoms with Gasteiger partial charge in [-0.05, 0) is 54.7 Å². The van der Waals surface area contributed by atoms with Gasteiger partial charge in [-0.2, -0.15) is 0 Å². The number of rotatable bonds is 3. The minimum atomic E-state index is -0.143. The summed E-state index contributed by atoms with van der Waals surface area (Å²) in [5, 5.41) is 15.1. The van der Waals surface area contributed by atoms with E-state index in [0.717, 1.165) is 31.4 Å². The summed E-state index contributed by atoms with van der Waals surface area (Å²) in [6.07, 6.45) is 3.87. The molecular weight excluding hydrogens is 276 g/mol. The van der Waals surface area contributed by atoms with Crippen LogP contribution in [0.3, 0.4) is 0 Å². The summed E-state index contributed by atoms with van der Waals surface area (Å²) in [5.41, 5.74) is 2.18. The van der Waals surface area contributed by atoms with Crippen molar-refractivity contribution in [1.29, 1.82) is 0 Å². The molecule has 2 rings (SSSR count). The van der Waals surface area contributed by atoms with Gasteiger partial charge in [0.15, 0.2) is 0 Å². The van der Waals surface area contributed by atoms with Crippen LogP contribution < -0.4 is 10.6 Å². The van der Waals surface area contributed by atoms with E-state index in [1.807, 2.05) is 12.1 Å². The number of carbonyl (C=O) groups is 1. The minimum absolute atomic E-state index is 0.117. The van der Waals surface area contributed by atoms with Crippen molar-refractivity contribution in [2.24, 2.45) is 5.92 Å². The van der Waals surface area contributed by atoms with Crippen molar-refractivity contribution < 1.29 is 9.90 Å². The highest BCUT2D eigenvalue weighted by Gasteiger charge is 2.21. The zero-order chi connectivity index (χ0) is 16.2. The van der Waals surface area contributed by atoms with Gasteiger partial charge in [0.05, 0.1) is 0 Å². The number of benzene rings is 1. The van der Waals surface area contributed by atoms with Crippen LogP contribution in [-0.2, 0) is 5.41 Å². The zero-order valence-electron chi connectivity index (χ0n) is 13.9. The molecule has 1 fully saturated rings. The molecule has 22 heavy (non-hydrogen) atoms. The number of hydrogen-bond donors (Lipinski definition) is 3. The third-order valence-corrected chi connectivity index (χ3v) is 4.45. The first-order valence-corrected chi connectivity index (χ1v) is 8.17. The quantitative estimate of drug-likeness (QED) is 0.798. The number of amides is 2. The summed E-state index contributed by atoms with van der Waals surface area (Å²) in [6.45, 7) is 6.78. The number of nitrogens with one attached hydrogen (secondary N) is 2. The first-order valence-electron chi connectivity index (χ1n) is 8.17. The maximum atomic E-state index is 12.0. The molecule has 3 N–H and O–H groups in total. The molecule has 4 nitrogen and oxygen atoms in total. The Kier molecular flexibility index (Phi) is 5.46. The molecule has 0 heterocycles. The Morgan fingerprint density at radius 1 is 1.14 bits per heavy atom. The molecule has 1 aliphatic carbocycles. The minimum Gasteiger partial charge on any atom is -0.396 e. The second-order valence-electron chi connectivity index (χ2n) is 7.33. The van der Waals surface area contributed by atoms with Crippen LogP contribution in [0, 0.1) is 5.92 Å². The van der Waals surface area contributed by atoms with E-state index in [1.54, 1.807) is 0 Å². The largest absolute Gasteiger partial charge is 0.396 e. The van der Waals surface area contributed by atoms with E-state index >= 15 is 0 Å². The van der Waals surface area contributed by atoms with Crippen molar-refractivity contribution in [3.63, 3.8) is 0 Å². The standard InChI is InChI=1S/C18H28N2O2/c1-18(2,3)14-6-10-16(11-7-14)20-17(22)19-15-8-4-13(12-21)5-9-15/h6-7,10-11,13,15,21H,4-5,8-9,12H2,1-3H3,(H2,19,20,22). The Hall–Kier alpha value is -1.55. The van der Waals surface area contributed by atoms with Gasteiger partial charge in [0, 0.05) is 18.3 Å². The highest BCUT2D eigenvalue weighted by Crippen LogP contribution is 2.25. The summed E-state index contributed by atoms with van der Waals surface area (Å²) in [4.78, 5) is 12.0. The molecule has 1 aromatic rings. The monoisotopic (exact) mass is 304 g/mol. The van der Waals surface area contributed by atoms with E-state index < -0.39 is 0 Å². The average molecular weight is 304 g/mol. The van der Waals surface area contributed by atoms with Crippen molar-refractivity contribution in [3.8, 4) is 0 Å². The van der Waals surface area contributed by atoms with Crippen LogP contribution in [0.1, 0.15) is 52.0 Å². The SMILES string of the molecule is CC(C)(C)c1ccc(NC(=O)NC2CCC(CO)CC2)cc1. The molecule has 1 aliphatic rings. The second-order valence-corrected chi connectivity index (χ2v) is 7.33. The molecule has 1 aromatic carbocycles. The summed E-state index contributed by atoms with van der Waals surface area (Å²) >= 11 is 0. The van der Waals surface area contributed by atoms with Gasteiger partial charge in [-0.1, -0.05) is 32.9 Å². The first-order chi connectivity index (χ1) is 10.4. The molecule has 0 unspecified atom stereocenters. The molecular formula is C18H28N2O2. The molecule has 0 aliphatic heterocycles. The number of carbonyl (C=O) groups excluding carboxylic acids is 1. The Bertz CT molecular complexity index is 483. The number of hydrogen-bond acceptors (Lipinski definition) is 2. The Balaban J connectivity index is 1.82. The fourth-order valence-electron chi connectivity index (χ4n) is 2.90. The van der Waals surface area contributed by atoms with Gasteiger partial charge in [0.25, 0.3) is 0 Å². The molecule has 0 radical (unpaired) electrons. The van der Waals surface area contributed by atoms with Crippen molar-refractivity contribution >= 4 is 11.7 Å². The highest BCUT2D eigenvalue weighted by atomic mass is 16.3. The Labute approximate surface area is 133 Å². The smallest absolute Gasteiger partial charge is 0.319 e. The molecule has 0 bridgehead atoms. The van der Waals surface area contributed by atoms with E-state index in [1.165, 1.54) is 5.56 Å². The summed E-state index contributed by atoms with van der Waals surface area (Å²) < 4.78 is 0. The average Bonchev–Trinajstić information content (AvgIpc) is 2.47. The number of urea groups is 1. The van der Waals surface area contributed by atoms with E-state index in [2.05, 4.69) is 43.5 Å². The van der Waals surface area contributed by atoms with Crippen LogP contribution in [-0.4, -0.2) is 23.8 Å². The molecule has 1 saturated carbocycles. The number of anilines is 1. The number of aliphatic hydroxyl groups excluding tert-OH is 1. The van der Waals surface area contributed by atoms with Crippen molar-refractivity contribution in [2.75, 3.05) is 11.9 Å². The topological polar surface area (TPSA) is 61.4 Å². The fourth-order valence-corrected chi connectivity index (χ4v) is 2.90. The molecule has 0 aromatic heterocycles. The van der Waals surface area contributed by atoms with Gasteiger partial charge >= 0.3 is 6.03 Å². The summed E-state index contributed by atoms with van der Waals surface area (Å²) in [7, 11) is 0. The van der Waals surface area contributed by atoms with Crippen LogP contribution in [0.4, 0.5) is 10.5 Å². The lowest BCUT2D eigenvalue weighted by molar-refractivity contribution is 0.176. The molecule has 0 atom stereocenters. The van der Waals surface area contributed by atoms with E-state index in [4.69, 9.17) is 5.11 Å². The van der Waals surface area contributed by atoms with Crippen molar-refractivity contribution in [3.05, 3.63) is 29.8 Å². The van der Waals surface area contributed by atoms with E-state index in [0.29, 0.717) is 5.92 Å². The molecule has 0 saturated heterocycles. The van der Waals surface area contributed by atoms with Crippen molar-refractivity contribution in [1.82, 2.24) is 5.32 Å². The summed E-state index contributed by atoms with van der Waals surface area (Å²) in [6, 6.07) is 8.09. The lowest BCUT2D eigenvalue weighted by Gasteiger charge is -2.28. The molecule has 2 amide bonds. The Morgan fingerprint density at radius 2 is 1.73 bits per heavy atom. The Morgan fingerprint density at radius 3 is 2.23 bits per heavy atom. The van der Waals surface area contributed by atoms with Crippen LogP contribution in [0.5, 0.6) is 0 Å². The van der Waals surface area contributed by atoms with Gasteiger partial charge in [0.1, 0.15) is 0 Å². The van der Waals surface area contributed by atoms with Gasteiger partial charge < -0.3 is 15.7 Å². The zero-order valence-corrected chi connectivity index (χ0v) is 13.9. The summed E-state index contributed by atoms with van der Waals surface area (Å²) in [5.74, 6) is 0.408. The van der Waals surface area contributed by atoms with Gasteiger partial charge in [0.2, 0.25) is 0 Å². The maximum absolute atomic E-state index is 12.0. The third-order valence-electron chi connectivity index (χ3n) is 4.45.